The standard InChI is InChI=1S/C45H26N4OS/c1-2-11-27(12-3-1)43-46-44(48-45(47-43)29-21-24-40-35(26-29)32-16-6-9-20-39(32)51-40)28-13-10-14-30(25-28)49-36-18-7-4-17-34(36)41-37(49)23-22-33-31-15-5-8-19-38(31)50-42(33)41/h1-26H. The molecule has 0 fully saturated rings. The first-order valence-electron chi connectivity index (χ1n) is 16.9. The van der Waals surface area contributed by atoms with E-state index in [4.69, 9.17) is 19.4 Å². The van der Waals surface area contributed by atoms with Crippen molar-refractivity contribution in [3.8, 4) is 39.9 Å². The minimum atomic E-state index is 0.622. The van der Waals surface area contributed by atoms with Crippen molar-refractivity contribution in [3.63, 3.8) is 0 Å². The molecule has 238 valence electrons. The van der Waals surface area contributed by atoms with Gasteiger partial charge in [-0.2, -0.15) is 0 Å². The van der Waals surface area contributed by atoms with Gasteiger partial charge in [-0.05, 0) is 60.7 Å². The van der Waals surface area contributed by atoms with E-state index in [9.17, 15) is 0 Å². The summed E-state index contributed by atoms with van der Waals surface area (Å²) in [6.45, 7) is 0. The Morgan fingerprint density at radius 1 is 0.431 bits per heavy atom. The van der Waals surface area contributed by atoms with Crippen LogP contribution in [-0.4, -0.2) is 19.5 Å². The van der Waals surface area contributed by atoms with Crippen molar-refractivity contribution in [1.29, 1.82) is 0 Å². The first kappa shape index (κ1) is 28.2. The third kappa shape index (κ3) is 4.37. The van der Waals surface area contributed by atoms with E-state index in [0.29, 0.717) is 17.5 Å². The first-order chi connectivity index (χ1) is 25.3. The van der Waals surface area contributed by atoms with Crippen molar-refractivity contribution in [1.82, 2.24) is 19.5 Å². The number of fused-ring (bicyclic) bond motifs is 10. The quantitative estimate of drug-likeness (QED) is 0.187. The molecule has 51 heavy (non-hydrogen) atoms. The van der Waals surface area contributed by atoms with Crippen molar-refractivity contribution in [3.05, 3.63) is 158 Å². The van der Waals surface area contributed by atoms with Gasteiger partial charge in [-0.15, -0.1) is 11.3 Å². The summed E-state index contributed by atoms with van der Waals surface area (Å²) in [5.41, 5.74) is 7.82. The Morgan fingerprint density at radius 2 is 1.10 bits per heavy atom. The van der Waals surface area contributed by atoms with Gasteiger partial charge in [0.2, 0.25) is 0 Å². The topological polar surface area (TPSA) is 56.7 Å². The lowest BCUT2D eigenvalue weighted by molar-refractivity contribution is 0.673. The highest BCUT2D eigenvalue weighted by molar-refractivity contribution is 7.25. The van der Waals surface area contributed by atoms with Crippen LogP contribution in [0.5, 0.6) is 0 Å². The average molecular weight is 671 g/mol. The number of benzene rings is 7. The van der Waals surface area contributed by atoms with Gasteiger partial charge in [-0.25, -0.2) is 15.0 Å². The minimum absolute atomic E-state index is 0.622. The Labute approximate surface area is 295 Å². The first-order valence-corrected chi connectivity index (χ1v) is 17.8. The Bertz CT molecular complexity index is 3150. The largest absolute Gasteiger partial charge is 0.455 e. The number of furan rings is 1. The predicted molar refractivity (Wildman–Crippen MR) is 211 cm³/mol. The molecule has 0 saturated carbocycles. The molecular weight excluding hydrogens is 645 g/mol. The SMILES string of the molecule is c1ccc(-c2nc(-c3cccc(-n4c5ccccc5c5c6oc7ccccc7c6ccc54)c3)nc(-c3ccc4sc5ccccc5c4c3)n2)cc1. The van der Waals surface area contributed by atoms with Crippen LogP contribution in [0.3, 0.4) is 0 Å². The van der Waals surface area contributed by atoms with Gasteiger partial charge in [0.05, 0.1) is 16.4 Å². The van der Waals surface area contributed by atoms with E-state index in [2.05, 4.69) is 120 Å². The third-order valence-corrected chi connectivity index (χ3v) is 11.0. The van der Waals surface area contributed by atoms with Crippen LogP contribution < -0.4 is 0 Å². The molecule has 11 rings (SSSR count). The molecule has 0 aliphatic rings. The fourth-order valence-electron chi connectivity index (χ4n) is 7.51. The number of para-hydroxylation sites is 2. The number of hydrogen-bond acceptors (Lipinski definition) is 5. The fraction of sp³-hybridized carbons (Fsp3) is 0. The second-order valence-electron chi connectivity index (χ2n) is 12.8. The Balaban J connectivity index is 1.12. The van der Waals surface area contributed by atoms with Crippen LogP contribution in [0.4, 0.5) is 0 Å². The van der Waals surface area contributed by atoms with E-state index in [1.807, 2.05) is 53.8 Å². The molecule has 0 saturated heterocycles. The van der Waals surface area contributed by atoms with Gasteiger partial charge >= 0.3 is 0 Å². The summed E-state index contributed by atoms with van der Waals surface area (Å²) in [4.78, 5) is 15.2. The van der Waals surface area contributed by atoms with Crippen molar-refractivity contribution in [2.45, 2.75) is 0 Å². The molecule has 7 aromatic carbocycles. The van der Waals surface area contributed by atoms with Gasteiger partial charge in [0.25, 0.3) is 0 Å². The van der Waals surface area contributed by atoms with Gasteiger partial charge in [0.15, 0.2) is 17.5 Å². The molecular formula is C45H26N4OS. The maximum Gasteiger partial charge on any atom is 0.164 e. The Morgan fingerprint density at radius 3 is 1.96 bits per heavy atom. The molecule has 0 amide bonds. The van der Waals surface area contributed by atoms with Crippen LogP contribution in [0.2, 0.25) is 0 Å². The third-order valence-electron chi connectivity index (χ3n) is 9.85. The van der Waals surface area contributed by atoms with Crippen LogP contribution in [0, 0.1) is 0 Å². The van der Waals surface area contributed by atoms with Gasteiger partial charge in [-0.1, -0.05) is 97.1 Å². The van der Waals surface area contributed by atoms with E-state index < -0.39 is 0 Å². The molecule has 4 aromatic heterocycles. The molecule has 0 atom stereocenters. The molecule has 0 N–H and O–H groups in total. The number of hydrogen-bond donors (Lipinski definition) is 0. The highest BCUT2D eigenvalue weighted by Gasteiger charge is 2.20. The summed E-state index contributed by atoms with van der Waals surface area (Å²) in [6.07, 6.45) is 0. The fourth-order valence-corrected chi connectivity index (χ4v) is 8.60. The molecule has 0 bridgehead atoms. The summed E-state index contributed by atoms with van der Waals surface area (Å²) < 4.78 is 11.4. The maximum absolute atomic E-state index is 6.53. The molecule has 6 heteroatoms. The van der Waals surface area contributed by atoms with E-state index >= 15 is 0 Å². The van der Waals surface area contributed by atoms with Crippen LogP contribution in [0.1, 0.15) is 0 Å². The minimum Gasteiger partial charge on any atom is -0.455 e. The van der Waals surface area contributed by atoms with E-state index in [1.54, 1.807) is 0 Å². The molecule has 5 nitrogen and oxygen atoms in total. The molecule has 0 aliphatic carbocycles. The maximum atomic E-state index is 6.53. The second-order valence-corrected chi connectivity index (χ2v) is 13.9. The van der Waals surface area contributed by atoms with Gasteiger partial charge in [0.1, 0.15) is 11.2 Å². The summed E-state index contributed by atoms with van der Waals surface area (Å²) >= 11 is 1.81. The van der Waals surface area contributed by atoms with E-state index in [1.165, 1.54) is 20.2 Å². The van der Waals surface area contributed by atoms with Crippen LogP contribution in [0.25, 0.3) is 104 Å². The highest BCUT2D eigenvalue weighted by Crippen LogP contribution is 2.41. The number of rotatable bonds is 4. The summed E-state index contributed by atoms with van der Waals surface area (Å²) in [5.74, 6) is 1.91. The lowest BCUT2D eigenvalue weighted by Gasteiger charge is -2.11. The van der Waals surface area contributed by atoms with Crippen LogP contribution in [0.15, 0.2) is 162 Å². The zero-order valence-corrected chi connectivity index (χ0v) is 27.9. The summed E-state index contributed by atoms with van der Waals surface area (Å²) in [7, 11) is 0. The number of nitrogens with zero attached hydrogens (tertiary/aromatic N) is 4. The summed E-state index contributed by atoms with van der Waals surface area (Å²) in [5, 5.41) is 6.95. The van der Waals surface area contributed by atoms with Crippen molar-refractivity contribution >= 4 is 75.3 Å². The molecule has 0 radical (unpaired) electrons. The Hall–Kier alpha value is -6.63. The number of aromatic nitrogens is 4. The van der Waals surface area contributed by atoms with Gasteiger partial charge < -0.3 is 8.98 Å². The lowest BCUT2D eigenvalue weighted by Crippen LogP contribution is -2.01. The zero-order chi connectivity index (χ0) is 33.5. The summed E-state index contributed by atoms with van der Waals surface area (Å²) in [6, 6.07) is 54.9. The van der Waals surface area contributed by atoms with Gasteiger partial charge in [-0.3, -0.25) is 0 Å². The lowest BCUT2D eigenvalue weighted by atomic mass is 10.1. The van der Waals surface area contributed by atoms with E-state index in [-0.39, 0.29) is 0 Å². The molecule has 11 aromatic rings. The zero-order valence-electron chi connectivity index (χ0n) is 27.1. The monoisotopic (exact) mass is 670 g/mol. The highest BCUT2D eigenvalue weighted by atomic mass is 32.1. The second kappa shape index (κ2) is 10.9. The molecule has 0 aliphatic heterocycles. The molecule has 4 heterocycles. The van der Waals surface area contributed by atoms with Crippen molar-refractivity contribution < 1.29 is 4.42 Å². The Kier molecular flexibility index (Phi) is 6.05. The predicted octanol–water partition coefficient (Wildman–Crippen LogP) is 12.2. The molecule has 0 spiro atoms. The van der Waals surface area contributed by atoms with Crippen molar-refractivity contribution in [2.24, 2.45) is 0 Å². The van der Waals surface area contributed by atoms with Gasteiger partial charge in [0, 0.05) is 58.7 Å². The number of thiophene rings is 1. The average Bonchev–Trinajstić information content (AvgIpc) is 3.87. The normalized spacial score (nSPS) is 11.9. The molecule has 0 unspecified atom stereocenters. The van der Waals surface area contributed by atoms with Crippen LogP contribution >= 0.6 is 11.3 Å². The van der Waals surface area contributed by atoms with Crippen molar-refractivity contribution in [2.75, 3.05) is 0 Å². The smallest absolute Gasteiger partial charge is 0.164 e. The van der Waals surface area contributed by atoms with E-state index in [0.717, 1.165) is 66.1 Å². The van der Waals surface area contributed by atoms with Crippen LogP contribution in [-0.2, 0) is 0 Å².